The van der Waals surface area contributed by atoms with Crippen LogP contribution in [0.3, 0.4) is 0 Å². The van der Waals surface area contributed by atoms with E-state index in [-0.39, 0.29) is 5.97 Å². The smallest absolute Gasteiger partial charge is 0.305 e. The number of rotatable bonds is 13. The van der Waals surface area contributed by atoms with E-state index in [1.54, 1.807) is 0 Å². The number of benzene rings is 1. The van der Waals surface area contributed by atoms with Crippen LogP contribution in [0.15, 0.2) is 77.9 Å². The minimum atomic E-state index is -0.664. The van der Waals surface area contributed by atoms with Gasteiger partial charge in [-0.05, 0) is 55.2 Å². The van der Waals surface area contributed by atoms with Crippen molar-refractivity contribution in [3.05, 3.63) is 83.5 Å². The number of quaternary nitrogens is 1. The Labute approximate surface area is 211 Å². The molecule has 1 aromatic carbocycles. The number of allylic oxidation sites excluding steroid dienone is 3. The molecule has 0 fully saturated rings. The second kappa shape index (κ2) is 13.0. The van der Waals surface area contributed by atoms with Crippen LogP contribution in [0.1, 0.15) is 50.5 Å². The third-order valence-corrected chi connectivity index (χ3v) is 7.02. The van der Waals surface area contributed by atoms with Crippen molar-refractivity contribution in [2.75, 3.05) is 40.9 Å². The standard InChI is InChI=1S/C30H42NO4/c1-31(2,22-12-6-11-17-29(33)34-3)23-24-35-30(25-13-7-4-8-14-25,26-15-9-5-10-16-26)27-18-20-28(32)21-19-27/h4-5,7-9,13-15,18-20,28,32H,6,10-12,16-17,21-24H2,1-3H3/q+1. The number of hydrogen-bond donors (Lipinski definition) is 1. The number of aliphatic hydroxyl groups is 1. The van der Waals surface area contributed by atoms with Gasteiger partial charge in [0.05, 0.1) is 40.5 Å². The lowest BCUT2D eigenvalue weighted by atomic mass is 9.75. The third-order valence-electron chi connectivity index (χ3n) is 7.02. The molecular weight excluding hydrogens is 438 g/mol. The molecule has 1 N–H and O–H groups in total. The first-order valence-electron chi connectivity index (χ1n) is 12.9. The highest BCUT2D eigenvalue weighted by Crippen LogP contribution is 2.45. The van der Waals surface area contributed by atoms with E-state index in [4.69, 9.17) is 9.47 Å². The molecule has 0 radical (unpaired) electrons. The number of ether oxygens (including phenoxy) is 2. The molecule has 0 bridgehead atoms. The van der Waals surface area contributed by atoms with Crippen LogP contribution in [0.25, 0.3) is 0 Å². The molecule has 0 saturated heterocycles. The van der Waals surface area contributed by atoms with Crippen LogP contribution in [0.5, 0.6) is 0 Å². The van der Waals surface area contributed by atoms with E-state index >= 15 is 0 Å². The second-order valence-corrected chi connectivity index (χ2v) is 10.1. The zero-order valence-corrected chi connectivity index (χ0v) is 21.6. The molecule has 0 amide bonds. The van der Waals surface area contributed by atoms with Crippen molar-refractivity contribution in [2.45, 2.75) is 56.7 Å². The number of aliphatic hydroxyl groups excluding tert-OH is 1. The van der Waals surface area contributed by atoms with Gasteiger partial charge in [-0.2, -0.15) is 0 Å². The van der Waals surface area contributed by atoms with Crippen LogP contribution < -0.4 is 0 Å². The molecule has 5 heteroatoms. The number of unbranched alkanes of at least 4 members (excludes halogenated alkanes) is 2. The van der Waals surface area contributed by atoms with E-state index < -0.39 is 11.7 Å². The number of hydrogen-bond acceptors (Lipinski definition) is 4. The Morgan fingerprint density at radius 2 is 1.94 bits per heavy atom. The Balaban J connectivity index is 1.75. The van der Waals surface area contributed by atoms with Gasteiger partial charge in [0.25, 0.3) is 0 Å². The molecule has 0 spiro atoms. The molecule has 5 nitrogen and oxygen atoms in total. The first kappa shape index (κ1) is 27.1. The fourth-order valence-corrected chi connectivity index (χ4v) is 4.88. The minimum absolute atomic E-state index is 0.130. The molecule has 0 aromatic heterocycles. The highest BCUT2D eigenvalue weighted by molar-refractivity contribution is 5.68. The maximum Gasteiger partial charge on any atom is 0.305 e. The number of esters is 1. The van der Waals surface area contributed by atoms with Gasteiger partial charge >= 0.3 is 5.97 Å². The number of likely N-dealkylation sites (N-methyl/N-ethyl adjacent to an activating group) is 1. The first-order valence-corrected chi connectivity index (χ1v) is 12.9. The van der Waals surface area contributed by atoms with Crippen LogP contribution in [0, 0.1) is 0 Å². The molecule has 1 aromatic rings. The molecule has 2 aliphatic rings. The van der Waals surface area contributed by atoms with Gasteiger partial charge in [-0.15, -0.1) is 0 Å². The van der Waals surface area contributed by atoms with Crippen LogP contribution in [0.4, 0.5) is 0 Å². The number of nitrogens with zero attached hydrogens (tertiary/aromatic N) is 1. The maximum atomic E-state index is 11.3. The van der Waals surface area contributed by atoms with Crippen molar-refractivity contribution in [2.24, 2.45) is 0 Å². The first-order chi connectivity index (χ1) is 16.9. The molecule has 2 aliphatic carbocycles. The van der Waals surface area contributed by atoms with E-state index in [9.17, 15) is 9.90 Å². The maximum absolute atomic E-state index is 11.3. The van der Waals surface area contributed by atoms with Crippen molar-refractivity contribution in [1.29, 1.82) is 0 Å². The molecule has 2 unspecified atom stereocenters. The van der Waals surface area contributed by atoms with Gasteiger partial charge < -0.3 is 19.1 Å². The van der Waals surface area contributed by atoms with Crippen molar-refractivity contribution < 1.29 is 23.9 Å². The van der Waals surface area contributed by atoms with Crippen molar-refractivity contribution in [1.82, 2.24) is 0 Å². The molecule has 0 saturated carbocycles. The van der Waals surface area contributed by atoms with Crippen LogP contribution >= 0.6 is 0 Å². The van der Waals surface area contributed by atoms with Crippen LogP contribution in [0.2, 0.25) is 0 Å². The van der Waals surface area contributed by atoms with Crippen molar-refractivity contribution in [3.8, 4) is 0 Å². The van der Waals surface area contributed by atoms with Gasteiger partial charge in [-0.3, -0.25) is 4.79 Å². The van der Waals surface area contributed by atoms with Gasteiger partial charge in [-0.25, -0.2) is 0 Å². The molecular formula is C30H42NO4+. The summed E-state index contributed by atoms with van der Waals surface area (Å²) in [6.45, 7) is 2.52. The van der Waals surface area contributed by atoms with Gasteiger partial charge in [0, 0.05) is 6.42 Å². The van der Waals surface area contributed by atoms with Gasteiger partial charge in [0.2, 0.25) is 0 Å². The second-order valence-electron chi connectivity index (χ2n) is 10.1. The SMILES string of the molecule is COC(=O)CCCCC[N+](C)(C)CCOC(C1=CCC(O)C=C1)(C1=CC=CCC1)c1ccccc1. The van der Waals surface area contributed by atoms with Crippen molar-refractivity contribution >= 4 is 5.97 Å². The van der Waals surface area contributed by atoms with Crippen LogP contribution in [-0.4, -0.2) is 62.6 Å². The summed E-state index contributed by atoms with van der Waals surface area (Å²) in [6, 6.07) is 10.5. The Morgan fingerprint density at radius 3 is 2.60 bits per heavy atom. The summed E-state index contributed by atoms with van der Waals surface area (Å²) in [6.07, 6.45) is 18.1. The number of carbonyl (C=O) groups is 1. The lowest BCUT2D eigenvalue weighted by molar-refractivity contribution is -0.891. The molecule has 35 heavy (non-hydrogen) atoms. The highest BCUT2D eigenvalue weighted by atomic mass is 16.5. The predicted molar refractivity (Wildman–Crippen MR) is 141 cm³/mol. The normalized spacial score (nSPS) is 19.6. The van der Waals surface area contributed by atoms with E-state index in [0.29, 0.717) is 19.4 Å². The lowest BCUT2D eigenvalue weighted by Crippen LogP contribution is -2.45. The van der Waals surface area contributed by atoms with E-state index in [1.165, 1.54) is 12.7 Å². The van der Waals surface area contributed by atoms with Gasteiger partial charge in [0.1, 0.15) is 12.1 Å². The summed E-state index contributed by atoms with van der Waals surface area (Å²) in [5.74, 6) is -0.130. The van der Waals surface area contributed by atoms with E-state index in [0.717, 1.165) is 60.8 Å². The molecule has 0 aliphatic heterocycles. The molecule has 3 rings (SSSR count). The zero-order chi connectivity index (χ0) is 25.2. The fraction of sp³-hybridized carbons (Fsp3) is 0.500. The quantitative estimate of drug-likeness (QED) is 0.239. The molecule has 0 heterocycles. The minimum Gasteiger partial charge on any atom is -0.469 e. The Hall–Kier alpha value is -2.47. The Morgan fingerprint density at radius 1 is 1.14 bits per heavy atom. The summed E-state index contributed by atoms with van der Waals surface area (Å²) in [4.78, 5) is 11.3. The molecule has 190 valence electrons. The monoisotopic (exact) mass is 480 g/mol. The predicted octanol–water partition coefficient (Wildman–Crippen LogP) is 5.23. The lowest BCUT2D eigenvalue weighted by Gasteiger charge is -2.41. The van der Waals surface area contributed by atoms with E-state index in [2.05, 4.69) is 62.7 Å². The Kier molecular flexibility index (Phi) is 10.1. The topological polar surface area (TPSA) is 55.8 Å². The number of carbonyl (C=O) groups excluding carboxylic acids is 1. The highest BCUT2D eigenvalue weighted by Gasteiger charge is 2.41. The fourth-order valence-electron chi connectivity index (χ4n) is 4.88. The third kappa shape index (κ3) is 7.50. The Bertz CT molecular complexity index is 944. The average Bonchev–Trinajstić information content (AvgIpc) is 2.88. The van der Waals surface area contributed by atoms with E-state index in [1.807, 2.05) is 18.2 Å². The summed E-state index contributed by atoms with van der Waals surface area (Å²) < 4.78 is 12.5. The zero-order valence-electron chi connectivity index (χ0n) is 21.6. The summed E-state index contributed by atoms with van der Waals surface area (Å²) in [7, 11) is 5.93. The average molecular weight is 481 g/mol. The molecule has 2 atom stereocenters. The van der Waals surface area contributed by atoms with Crippen molar-refractivity contribution in [3.63, 3.8) is 0 Å². The van der Waals surface area contributed by atoms with Crippen LogP contribution in [-0.2, 0) is 19.9 Å². The summed E-state index contributed by atoms with van der Waals surface area (Å²) in [5, 5.41) is 10.1. The van der Waals surface area contributed by atoms with Gasteiger partial charge in [-0.1, -0.05) is 66.8 Å². The van der Waals surface area contributed by atoms with Gasteiger partial charge in [0.15, 0.2) is 0 Å². The number of methoxy groups -OCH3 is 1. The summed E-state index contributed by atoms with van der Waals surface area (Å²) in [5.41, 5.74) is 2.82. The summed E-state index contributed by atoms with van der Waals surface area (Å²) >= 11 is 0. The largest absolute Gasteiger partial charge is 0.469 e.